The van der Waals surface area contributed by atoms with Crippen LogP contribution in [0.1, 0.15) is 53.0 Å². The summed E-state index contributed by atoms with van der Waals surface area (Å²) in [6.07, 6.45) is 3.53. The third kappa shape index (κ3) is 2.78. The molecule has 2 aromatic rings. The van der Waals surface area contributed by atoms with Gasteiger partial charge in [0.1, 0.15) is 0 Å². The van der Waals surface area contributed by atoms with Crippen molar-refractivity contribution >= 4 is 34.9 Å². The summed E-state index contributed by atoms with van der Waals surface area (Å²) in [5.41, 5.74) is 2.74. The number of fused-ring (bicyclic) bond motifs is 1. The maximum Gasteiger partial charge on any atom is 0.178 e. The number of hydrogen-bond acceptors (Lipinski definition) is 1. The van der Waals surface area contributed by atoms with E-state index < -0.39 is 0 Å². The first-order chi connectivity index (χ1) is 9.69. The number of imidazole rings is 1. The summed E-state index contributed by atoms with van der Waals surface area (Å²) >= 11 is 12.0. The largest absolute Gasteiger partial charge is 0.331 e. The van der Waals surface area contributed by atoms with Gasteiger partial charge in [-0.1, -0.05) is 45.4 Å². The fourth-order valence-electron chi connectivity index (χ4n) is 4.46. The Kier molecular flexibility index (Phi) is 3.49. The van der Waals surface area contributed by atoms with Crippen LogP contribution in [0.4, 0.5) is 0 Å². The number of aromatic amines is 1. The van der Waals surface area contributed by atoms with Crippen LogP contribution in [-0.2, 0) is 0 Å². The van der Waals surface area contributed by atoms with Crippen LogP contribution in [0.3, 0.4) is 0 Å². The molecule has 4 heteroatoms. The molecule has 1 aliphatic rings. The van der Waals surface area contributed by atoms with Gasteiger partial charge in [0.05, 0.1) is 16.1 Å². The van der Waals surface area contributed by atoms with Gasteiger partial charge in [0.2, 0.25) is 0 Å². The number of para-hydroxylation sites is 1. The van der Waals surface area contributed by atoms with Crippen LogP contribution in [0, 0.1) is 15.6 Å². The molecule has 1 saturated carbocycles. The van der Waals surface area contributed by atoms with Gasteiger partial charge in [-0.25, -0.2) is 0 Å². The van der Waals surface area contributed by atoms with Gasteiger partial charge in [0, 0.05) is 6.04 Å². The highest BCUT2D eigenvalue weighted by atomic mass is 35.5. The fraction of sp³-hybridized carbons (Fsp3) is 0.588. The second-order valence-corrected chi connectivity index (χ2v) is 8.80. The number of hydrogen-bond donors (Lipinski definition) is 1. The van der Waals surface area contributed by atoms with Gasteiger partial charge in [-0.2, -0.15) is 0 Å². The second-order valence-electron chi connectivity index (χ2n) is 8.00. The molecule has 1 aromatic carbocycles. The molecule has 1 fully saturated rings. The molecule has 1 aromatic heterocycles. The Balaban J connectivity index is 2.16. The molecule has 1 aliphatic carbocycles. The third-order valence-corrected chi connectivity index (χ3v) is 5.19. The molecule has 0 spiro atoms. The van der Waals surface area contributed by atoms with Gasteiger partial charge in [-0.3, -0.25) is 0 Å². The molecule has 114 valence electrons. The summed E-state index contributed by atoms with van der Waals surface area (Å²) in [4.78, 5) is 3.31. The van der Waals surface area contributed by atoms with Crippen molar-refractivity contribution < 1.29 is 0 Å². The molecule has 0 aliphatic heterocycles. The van der Waals surface area contributed by atoms with Gasteiger partial charge < -0.3 is 9.55 Å². The smallest absolute Gasteiger partial charge is 0.178 e. The minimum atomic E-state index is 0.325. The summed E-state index contributed by atoms with van der Waals surface area (Å²) in [6.45, 7) is 9.45. The van der Waals surface area contributed by atoms with Gasteiger partial charge in [-0.15, -0.1) is 0 Å². The highest BCUT2D eigenvalue weighted by molar-refractivity contribution is 7.71. The van der Waals surface area contributed by atoms with E-state index in [1.54, 1.807) is 0 Å². The van der Waals surface area contributed by atoms with Crippen molar-refractivity contribution in [2.75, 3.05) is 0 Å². The molecule has 1 heterocycles. The van der Waals surface area contributed by atoms with Crippen LogP contribution in [0.5, 0.6) is 0 Å². The predicted octanol–water partition coefficient (Wildman–Crippen LogP) is 6.13. The highest BCUT2D eigenvalue weighted by Gasteiger charge is 2.39. The first kappa shape index (κ1) is 15.1. The monoisotopic (exact) mass is 322 g/mol. The van der Waals surface area contributed by atoms with Crippen LogP contribution < -0.4 is 0 Å². The molecule has 0 amide bonds. The van der Waals surface area contributed by atoms with Crippen molar-refractivity contribution in [1.29, 1.82) is 0 Å². The number of nitrogens with one attached hydrogen (secondary N) is 1. The number of H-pyrrole nitrogens is 1. The molecule has 0 atom stereocenters. The Morgan fingerprint density at radius 1 is 1.19 bits per heavy atom. The standard InChI is InChI=1S/C17H23ClN2S/c1-16(2)8-11(9-17(3,4)10-16)20-14-12(18)6-5-7-13(14)19-15(20)21/h5-7,11H,8-10H2,1-4H3,(H,19,21). The second kappa shape index (κ2) is 4.85. The van der Waals surface area contributed by atoms with E-state index in [0.717, 1.165) is 33.7 Å². The van der Waals surface area contributed by atoms with Crippen LogP contribution in [0.25, 0.3) is 11.0 Å². The Morgan fingerprint density at radius 2 is 1.81 bits per heavy atom. The van der Waals surface area contributed by atoms with Crippen molar-refractivity contribution in [3.05, 3.63) is 28.0 Å². The van der Waals surface area contributed by atoms with Crippen LogP contribution in [0.2, 0.25) is 5.02 Å². The zero-order chi connectivity index (χ0) is 15.4. The molecule has 0 radical (unpaired) electrons. The number of aromatic nitrogens is 2. The van der Waals surface area contributed by atoms with Gasteiger partial charge >= 0.3 is 0 Å². The summed E-state index contributed by atoms with van der Waals surface area (Å²) in [6, 6.07) is 6.37. The zero-order valence-corrected chi connectivity index (χ0v) is 14.7. The van der Waals surface area contributed by atoms with Crippen molar-refractivity contribution in [3.63, 3.8) is 0 Å². The number of nitrogens with zero attached hydrogens (tertiary/aromatic N) is 1. The number of benzene rings is 1. The van der Waals surface area contributed by atoms with E-state index in [0.29, 0.717) is 16.9 Å². The molecule has 0 unspecified atom stereocenters. The summed E-state index contributed by atoms with van der Waals surface area (Å²) < 4.78 is 3.05. The lowest BCUT2D eigenvalue weighted by molar-refractivity contribution is 0.0733. The van der Waals surface area contributed by atoms with Crippen molar-refractivity contribution in [2.24, 2.45) is 10.8 Å². The zero-order valence-electron chi connectivity index (χ0n) is 13.2. The molecule has 0 saturated heterocycles. The van der Waals surface area contributed by atoms with E-state index in [1.165, 1.54) is 6.42 Å². The fourth-order valence-corrected chi connectivity index (χ4v) is 5.07. The van der Waals surface area contributed by atoms with E-state index >= 15 is 0 Å². The quantitative estimate of drug-likeness (QED) is 0.626. The van der Waals surface area contributed by atoms with Crippen LogP contribution in [0.15, 0.2) is 18.2 Å². The minimum Gasteiger partial charge on any atom is -0.331 e. The number of rotatable bonds is 1. The lowest BCUT2D eigenvalue weighted by Gasteiger charge is -2.45. The van der Waals surface area contributed by atoms with Gasteiger partial charge in [0.25, 0.3) is 0 Å². The molecular formula is C17H23ClN2S. The maximum atomic E-state index is 6.45. The predicted molar refractivity (Wildman–Crippen MR) is 92.6 cm³/mol. The lowest BCUT2D eigenvalue weighted by Crippen LogP contribution is -2.35. The van der Waals surface area contributed by atoms with E-state index in [9.17, 15) is 0 Å². The Hall–Kier alpha value is -0.800. The van der Waals surface area contributed by atoms with Crippen molar-refractivity contribution in [1.82, 2.24) is 9.55 Å². The van der Waals surface area contributed by atoms with Crippen molar-refractivity contribution in [2.45, 2.75) is 53.0 Å². The van der Waals surface area contributed by atoms with Crippen LogP contribution >= 0.6 is 23.8 Å². The summed E-state index contributed by atoms with van der Waals surface area (Å²) in [7, 11) is 0. The topological polar surface area (TPSA) is 20.7 Å². The molecular weight excluding hydrogens is 300 g/mol. The van der Waals surface area contributed by atoms with Crippen molar-refractivity contribution in [3.8, 4) is 0 Å². The molecule has 3 rings (SSSR count). The summed E-state index contributed by atoms with van der Waals surface area (Å²) in [5, 5.41) is 0.779. The van der Waals surface area contributed by atoms with Gasteiger partial charge in [-0.05, 0) is 54.4 Å². The molecule has 0 bridgehead atoms. The normalized spacial score (nSPS) is 21.8. The number of halogens is 1. The molecule has 21 heavy (non-hydrogen) atoms. The minimum absolute atomic E-state index is 0.325. The molecule has 1 N–H and O–H groups in total. The average molecular weight is 323 g/mol. The van der Waals surface area contributed by atoms with Gasteiger partial charge in [0.15, 0.2) is 4.77 Å². The van der Waals surface area contributed by atoms with E-state index in [4.69, 9.17) is 23.8 Å². The van der Waals surface area contributed by atoms with E-state index in [2.05, 4.69) is 37.2 Å². The SMILES string of the molecule is CC1(C)CC(n2c(=S)[nH]c3cccc(Cl)c32)CC(C)(C)C1. The average Bonchev–Trinajstić information content (AvgIpc) is 2.62. The van der Waals surface area contributed by atoms with E-state index in [1.807, 2.05) is 18.2 Å². The van der Waals surface area contributed by atoms with E-state index in [-0.39, 0.29) is 0 Å². The highest BCUT2D eigenvalue weighted by Crippen LogP contribution is 2.50. The Labute approximate surface area is 136 Å². The first-order valence-electron chi connectivity index (χ1n) is 7.57. The molecule has 2 nitrogen and oxygen atoms in total. The third-order valence-electron chi connectivity index (χ3n) is 4.59. The Morgan fingerprint density at radius 3 is 2.43 bits per heavy atom. The first-order valence-corrected chi connectivity index (χ1v) is 8.36. The summed E-state index contributed by atoms with van der Waals surface area (Å²) in [5.74, 6) is 0. The van der Waals surface area contributed by atoms with Crippen LogP contribution in [-0.4, -0.2) is 9.55 Å². The maximum absolute atomic E-state index is 6.45. The lowest BCUT2D eigenvalue weighted by atomic mass is 9.63. The Bertz CT molecular complexity index is 723.